The molecule has 0 aromatic heterocycles. The van der Waals surface area contributed by atoms with E-state index in [0.717, 1.165) is 13.1 Å². The average Bonchev–Trinajstić information content (AvgIpc) is 2.68. The molecule has 1 atom stereocenters. The Bertz CT molecular complexity index is 591. The van der Waals surface area contributed by atoms with Crippen LogP contribution >= 0.6 is 15.9 Å². The normalized spacial score (nSPS) is 18.4. The van der Waals surface area contributed by atoms with E-state index in [1.165, 1.54) is 32.9 Å². The summed E-state index contributed by atoms with van der Waals surface area (Å²) in [5, 5.41) is 2.74. The van der Waals surface area contributed by atoms with Gasteiger partial charge in [-0.3, -0.25) is 0 Å². The maximum absolute atomic E-state index is 3.66. The van der Waals surface area contributed by atoms with Gasteiger partial charge in [-0.2, -0.15) is 0 Å². The van der Waals surface area contributed by atoms with Gasteiger partial charge >= 0.3 is 0 Å². The molecule has 0 saturated carbocycles. The standard InChI is InChI=1S/C16H18BrN/c1-3-9-18-10-11(2)16-13-5-4-6-14(17)12(13)7-8-15(16)18/h4-8,11H,3,9-10H2,1-2H3. The smallest absolute Gasteiger partial charge is 0.0408 e. The summed E-state index contributed by atoms with van der Waals surface area (Å²) in [6.45, 7) is 6.92. The zero-order valence-corrected chi connectivity index (χ0v) is 12.5. The molecule has 0 N–H and O–H groups in total. The minimum atomic E-state index is 0.629. The highest BCUT2D eigenvalue weighted by molar-refractivity contribution is 9.10. The lowest BCUT2D eigenvalue weighted by molar-refractivity contribution is 0.733. The van der Waals surface area contributed by atoms with Crippen molar-refractivity contribution in [2.45, 2.75) is 26.2 Å². The van der Waals surface area contributed by atoms with Crippen molar-refractivity contribution in [3.63, 3.8) is 0 Å². The number of hydrogen-bond acceptors (Lipinski definition) is 1. The van der Waals surface area contributed by atoms with Crippen molar-refractivity contribution in [3.05, 3.63) is 40.4 Å². The molecule has 0 spiro atoms. The third-order valence-electron chi connectivity index (χ3n) is 3.85. The van der Waals surface area contributed by atoms with Crippen LogP contribution in [0.1, 0.15) is 31.7 Å². The largest absolute Gasteiger partial charge is 0.371 e. The Labute approximate surface area is 117 Å². The Morgan fingerprint density at radius 2 is 2.06 bits per heavy atom. The van der Waals surface area contributed by atoms with E-state index in [9.17, 15) is 0 Å². The van der Waals surface area contributed by atoms with E-state index in [2.05, 4.69) is 65.0 Å². The second-order valence-electron chi connectivity index (χ2n) is 5.18. The molecule has 94 valence electrons. The fourth-order valence-corrected chi connectivity index (χ4v) is 3.63. The minimum Gasteiger partial charge on any atom is -0.371 e. The van der Waals surface area contributed by atoms with E-state index in [4.69, 9.17) is 0 Å². The second kappa shape index (κ2) is 4.58. The first-order valence-electron chi connectivity index (χ1n) is 6.68. The molecular formula is C16H18BrN. The van der Waals surface area contributed by atoms with Crippen LogP contribution in [0.5, 0.6) is 0 Å². The fraction of sp³-hybridized carbons (Fsp3) is 0.375. The van der Waals surface area contributed by atoms with Crippen LogP contribution < -0.4 is 4.90 Å². The van der Waals surface area contributed by atoms with Crippen LogP contribution in [0.25, 0.3) is 10.8 Å². The van der Waals surface area contributed by atoms with E-state index in [1.54, 1.807) is 0 Å². The highest BCUT2D eigenvalue weighted by Gasteiger charge is 2.26. The molecular weight excluding hydrogens is 286 g/mol. The minimum absolute atomic E-state index is 0.629. The summed E-state index contributed by atoms with van der Waals surface area (Å²) >= 11 is 3.66. The number of rotatable bonds is 2. The van der Waals surface area contributed by atoms with Gasteiger partial charge in [0.2, 0.25) is 0 Å². The van der Waals surface area contributed by atoms with Crippen molar-refractivity contribution >= 4 is 32.4 Å². The summed E-state index contributed by atoms with van der Waals surface area (Å²) in [7, 11) is 0. The molecule has 0 saturated heterocycles. The lowest BCUT2D eigenvalue weighted by Crippen LogP contribution is -2.21. The Morgan fingerprint density at radius 1 is 1.22 bits per heavy atom. The maximum Gasteiger partial charge on any atom is 0.0408 e. The van der Waals surface area contributed by atoms with Gasteiger partial charge in [0.15, 0.2) is 0 Å². The van der Waals surface area contributed by atoms with Gasteiger partial charge in [0.1, 0.15) is 0 Å². The van der Waals surface area contributed by atoms with E-state index >= 15 is 0 Å². The molecule has 0 aliphatic carbocycles. The van der Waals surface area contributed by atoms with Crippen LogP contribution in [0.15, 0.2) is 34.8 Å². The SMILES string of the molecule is CCCN1CC(C)c2c1ccc1c(Br)cccc21. The Kier molecular flexibility index (Phi) is 3.06. The molecule has 18 heavy (non-hydrogen) atoms. The molecule has 1 heterocycles. The number of anilines is 1. The summed E-state index contributed by atoms with van der Waals surface area (Å²) in [4.78, 5) is 2.53. The average molecular weight is 304 g/mol. The predicted octanol–water partition coefficient (Wildman–Crippen LogP) is 4.94. The van der Waals surface area contributed by atoms with Gasteiger partial charge in [-0.15, -0.1) is 0 Å². The van der Waals surface area contributed by atoms with Gasteiger partial charge in [-0.05, 0) is 34.9 Å². The topological polar surface area (TPSA) is 3.24 Å². The van der Waals surface area contributed by atoms with E-state index in [-0.39, 0.29) is 0 Å². The molecule has 0 bridgehead atoms. The van der Waals surface area contributed by atoms with Gasteiger partial charge in [0, 0.05) is 29.2 Å². The third-order valence-corrected chi connectivity index (χ3v) is 4.54. The highest BCUT2D eigenvalue weighted by Crippen LogP contribution is 2.42. The first-order chi connectivity index (χ1) is 8.72. The number of nitrogens with zero attached hydrogens (tertiary/aromatic N) is 1. The Hall–Kier alpha value is -1.02. The maximum atomic E-state index is 3.66. The molecule has 0 fully saturated rings. The molecule has 2 aromatic rings. The van der Waals surface area contributed by atoms with Crippen molar-refractivity contribution in [1.29, 1.82) is 0 Å². The van der Waals surface area contributed by atoms with Gasteiger partial charge in [-0.25, -0.2) is 0 Å². The van der Waals surface area contributed by atoms with Gasteiger partial charge in [0.05, 0.1) is 0 Å². The summed E-state index contributed by atoms with van der Waals surface area (Å²) in [6.07, 6.45) is 1.21. The fourth-order valence-electron chi connectivity index (χ4n) is 3.13. The number of hydrogen-bond donors (Lipinski definition) is 0. The Balaban J connectivity index is 2.23. The molecule has 1 unspecified atom stereocenters. The van der Waals surface area contributed by atoms with Crippen molar-refractivity contribution in [1.82, 2.24) is 0 Å². The molecule has 0 amide bonds. The second-order valence-corrected chi connectivity index (χ2v) is 6.03. The number of fused-ring (bicyclic) bond motifs is 3. The third kappa shape index (κ3) is 1.74. The van der Waals surface area contributed by atoms with Gasteiger partial charge in [0.25, 0.3) is 0 Å². The monoisotopic (exact) mass is 303 g/mol. The number of halogens is 1. The highest BCUT2D eigenvalue weighted by atomic mass is 79.9. The summed E-state index contributed by atoms with van der Waals surface area (Å²) in [5.74, 6) is 0.629. The van der Waals surface area contributed by atoms with Gasteiger partial charge < -0.3 is 4.90 Å². The first kappa shape index (κ1) is 12.0. The van der Waals surface area contributed by atoms with E-state index < -0.39 is 0 Å². The first-order valence-corrected chi connectivity index (χ1v) is 7.47. The molecule has 1 aliphatic heterocycles. The quantitative estimate of drug-likeness (QED) is 0.760. The molecule has 2 heteroatoms. The zero-order valence-electron chi connectivity index (χ0n) is 10.9. The van der Waals surface area contributed by atoms with Crippen LogP contribution in [-0.2, 0) is 0 Å². The van der Waals surface area contributed by atoms with Crippen LogP contribution in [0.3, 0.4) is 0 Å². The van der Waals surface area contributed by atoms with Crippen molar-refractivity contribution in [2.24, 2.45) is 0 Å². The lowest BCUT2D eigenvalue weighted by Gasteiger charge is -2.18. The Morgan fingerprint density at radius 3 is 2.83 bits per heavy atom. The lowest BCUT2D eigenvalue weighted by atomic mass is 9.96. The summed E-state index contributed by atoms with van der Waals surface area (Å²) in [5.41, 5.74) is 2.97. The van der Waals surface area contributed by atoms with E-state index in [0.29, 0.717) is 5.92 Å². The van der Waals surface area contributed by atoms with Crippen molar-refractivity contribution in [2.75, 3.05) is 18.0 Å². The molecule has 2 aromatic carbocycles. The van der Waals surface area contributed by atoms with Gasteiger partial charge in [-0.1, -0.05) is 48.0 Å². The summed E-state index contributed by atoms with van der Waals surface area (Å²) in [6, 6.07) is 11.1. The molecule has 0 radical (unpaired) electrons. The number of benzene rings is 2. The summed E-state index contributed by atoms with van der Waals surface area (Å²) < 4.78 is 1.20. The van der Waals surface area contributed by atoms with Crippen LogP contribution in [0.2, 0.25) is 0 Å². The molecule has 3 rings (SSSR count). The molecule has 1 nitrogen and oxygen atoms in total. The molecule has 1 aliphatic rings. The van der Waals surface area contributed by atoms with E-state index in [1.807, 2.05) is 0 Å². The predicted molar refractivity (Wildman–Crippen MR) is 82.6 cm³/mol. The van der Waals surface area contributed by atoms with Crippen LogP contribution in [0, 0.1) is 0 Å². The zero-order chi connectivity index (χ0) is 12.7. The van der Waals surface area contributed by atoms with Crippen molar-refractivity contribution in [3.8, 4) is 0 Å². The van der Waals surface area contributed by atoms with Crippen LogP contribution in [0.4, 0.5) is 5.69 Å². The van der Waals surface area contributed by atoms with Crippen molar-refractivity contribution < 1.29 is 0 Å². The van der Waals surface area contributed by atoms with Crippen LogP contribution in [-0.4, -0.2) is 13.1 Å².